The van der Waals surface area contributed by atoms with Gasteiger partial charge in [-0.2, -0.15) is 0 Å². The Bertz CT molecular complexity index is 736. The summed E-state index contributed by atoms with van der Waals surface area (Å²) in [5.41, 5.74) is 1.05. The highest BCUT2D eigenvalue weighted by Crippen LogP contribution is 2.40. The molecule has 0 radical (unpaired) electrons. The molecule has 2 aromatic rings. The number of amides is 1. The van der Waals surface area contributed by atoms with Gasteiger partial charge in [0, 0.05) is 14.5 Å². The Labute approximate surface area is 142 Å². The lowest BCUT2D eigenvalue weighted by atomic mass is 10.2. The summed E-state index contributed by atoms with van der Waals surface area (Å²) in [6.07, 6.45) is 0. The average molecular weight is 433 g/mol. The minimum Gasteiger partial charge on any atom is -0.454 e. The van der Waals surface area contributed by atoms with Crippen molar-refractivity contribution in [2.75, 3.05) is 12.1 Å². The van der Waals surface area contributed by atoms with Crippen molar-refractivity contribution in [3.8, 4) is 11.5 Å². The fourth-order valence-electron chi connectivity index (χ4n) is 1.89. The zero-order valence-electron chi connectivity index (χ0n) is 10.5. The lowest BCUT2D eigenvalue weighted by Crippen LogP contribution is -2.12. The Kier molecular flexibility index (Phi) is 4.10. The van der Waals surface area contributed by atoms with Crippen LogP contribution in [0.4, 0.5) is 5.69 Å². The first-order valence-electron chi connectivity index (χ1n) is 5.90. The maximum Gasteiger partial charge on any atom is 0.255 e. The summed E-state index contributed by atoms with van der Waals surface area (Å²) in [6, 6.07) is 8.67. The van der Waals surface area contributed by atoms with Crippen molar-refractivity contribution in [3.63, 3.8) is 0 Å². The summed E-state index contributed by atoms with van der Waals surface area (Å²) in [4.78, 5) is 12.3. The third-order valence-corrected chi connectivity index (χ3v) is 4.33. The molecular formula is C14H8Br2ClNO3. The molecule has 1 aliphatic heterocycles. The number of ether oxygens (including phenoxy) is 2. The zero-order valence-corrected chi connectivity index (χ0v) is 14.4. The lowest BCUT2D eigenvalue weighted by Gasteiger charge is -2.09. The molecule has 0 aromatic heterocycles. The number of carbonyl (C=O) groups excluding carboxylic acids is 1. The molecule has 0 atom stereocenters. The quantitative estimate of drug-likeness (QED) is 0.737. The molecule has 1 amide bonds. The van der Waals surface area contributed by atoms with E-state index in [9.17, 15) is 4.79 Å². The molecule has 7 heteroatoms. The molecule has 2 aromatic carbocycles. The van der Waals surface area contributed by atoms with Crippen molar-refractivity contribution in [2.45, 2.75) is 0 Å². The van der Waals surface area contributed by atoms with Crippen LogP contribution in [0.5, 0.6) is 11.5 Å². The number of hydrogen-bond donors (Lipinski definition) is 1. The largest absolute Gasteiger partial charge is 0.454 e. The van der Waals surface area contributed by atoms with Crippen molar-refractivity contribution in [1.29, 1.82) is 0 Å². The molecule has 1 N–H and O–H groups in total. The number of halogens is 3. The van der Waals surface area contributed by atoms with Gasteiger partial charge in [-0.15, -0.1) is 0 Å². The standard InChI is InChI=1S/C14H8Br2ClNO3/c15-8-1-2-9(16)11(5-8)18-14(19)7-3-10(17)13-12(4-7)20-6-21-13/h1-5H,6H2,(H,18,19). The topological polar surface area (TPSA) is 47.6 Å². The maximum atomic E-state index is 12.3. The Morgan fingerprint density at radius 2 is 2.00 bits per heavy atom. The van der Waals surface area contributed by atoms with E-state index >= 15 is 0 Å². The van der Waals surface area contributed by atoms with E-state index < -0.39 is 0 Å². The first kappa shape index (κ1) is 14.7. The second-order valence-corrected chi connectivity index (χ2v) is 6.45. The second kappa shape index (κ2) is 5.87. The molecule has 0 saturated heterocycles. The summed E-state index contributed by atoms with van der Waals surface area (Å²) in [6.45, 7) is 0.108. The van der Waals surface area contributed by atoms with Crippen LogP contribution in [0.2, 0.25) is 5.02 Å². The highest BCUT2D eigenvalue weighted by Gasteiger charge is 2.21. The molecule has 0 bridgehead atoms. The normalized spacial score (nSPS) is 12.3. The first-order chi connectivity index (χ1) is 10.0. The van der Waals surface area contributed by atoms with Crippen LogP contribution in [0.1, 0.15) is 10.4 Å². The van der Waals surface area contributed by atoms with Crippen LogP contribution in [0.15, 0.2) is 39.3 Å². The third-order valence-electron chi connectivity index (χ3n) is 2.87. The number of carbonyl (C=O) groups is 1. The summed E-state index contributed by atoms with van der Waals surface area (Å²) >= 11 is 12.8. The van der Waals surface area contributed by atoms with Crippen LogP contribution in [-0.4, -0.2) is 12.7 Å². The number of anilines is 1. The smallest absolute Gasteiger partial charge is 0.255 e. The van der Waals surface area contributed by atoms with Gasteiger partial charge in [-0.05, 0) is 46.3 Å². The van der Waals surface area contributed by atoms with Gasteiger partial charge in [0.25, 0.3) is 5.91 Å². The Balaban J connectivity index is 1.89. The summed E-state index contributed by atoms with van der Waals surface area (Å²) in [5.74, 6) is 0.659. The van der Waals surface area contributed by atoms with E-state index in [-0.39, 0.29) is 12.7 Å². The maximum absolute atomic E-state index is 12.3. The minimum absolute atomic E-state index is 0.108. The highest BCUT2D eigenvalue weighted by atomic mass is 79.9. The van der Waals surface area contributed by atoms with Crippen LogP contribution in [0.3, 0.4) is 0 Å². The molecule has 1 aliphatic rings. The number of rotatable bonds is 2. The summed E-state index contributed by atoms with van der Waals surface area (Å²) in [5, 5.41) is 3.17. The Morgan fingerprint density at radius 1 is 1.19 bits per heavy atom. The van der Waals surface area contributed by atoms with E-state index in [1.54, 1.807) is 18.2 Å². The fourth-order valence-corrected chi connectivity index (χ4v) is 2.86. The lowest BCUT2D eigenvalue weighted by molar-refractivity contribution is 0.102. The second-order valence-electron chi connectivity index (χ2n) is 4.27. The van der Waals surface area contributed by atoms with Crippen LogP contribution in [-0.2, 0) is 0 Å². The monoisotopic (exact) mass is 431 g/mol. The fraction of sp³-hybridized carbons (Fsp3) is 0.0714. The van der Waals surface area contributed by atoms with E-state index in [1.807, 2.05) is 12.1 Å². The molecule has 0 aliphatic carbocycles. The molecule has 108 valence electrons. The van der Waals surface area contributed by atoms with Gasteiger partial charge in [-0.3, -0.25) is 4.79 Å². The number of fused-ring (bicyclic) bond motifs is 1. The van der Waals surface area contributed by atoms with E-state index in [0.717, 1.165) is 8.95 Å². The highest BCUT2D eigenvalue weighted by molar-refractivity contribution is 9.11. The van der Waals surface area contributed by atoms with Crippen molar-refractivity contribution >= 4 is 55.1 Å². The van der Waals surface area contributed by atoms with Gasteiger partial charge >= 0.3 is 0 Å². The van der Waals surface area contributed by atoms with Gasteiger partial charge in [0.05, 0.1) is 10.7 Å². The number of hydrogen-bond acceptors (Lipinski definition) is 3. The average Bonchev–Trinajstić information content (AvgIpc) is 2.91. The van der Waals surface area contributed by atoms with Crippen molar-refractivity contribution in [3.05, 3.63) is 49.9 Å². The third kappa shape index (κ3) is 3.02. The van der Waals surface area contributed by atoms with E-state index in [0.29, 0.717) is 27.8 Å². The van der Waals surface area contributed by atoms with E-state index in [4.69, 9.17) is 21.1 Å². The minimum atomic E-state index is -0.283. The predicted octanol–water partition coefficient (Wildman–Crippen LogP) is 4.85. The van der Waals surface area contributed by atoms with Crippen molar-refractivity contribution in [2.24, 2.45) is 0 Å². The van der Waals surface area contributed by atoms with Gasteiger partial charge in [0.15, 0.2) is 11.5 Å². The molecule has 1 heterocycles. The predicted molar refractivity (Wildman–Crippen MR) is 87.4 cm³/mol. The molecule has 4 nitrogen and oxygen atoms in total. The van der Waals surface area contributed by atoms with Crippen molar-refractivity contribution < 1.29 is 14.3 Å². The van der Waals surface area contributed by atoms with Crippen LogP contribution in [0.25, 0.3) is 0 Å². The van der Waals surface area contributed by atoms with Gasteiger partial charge < -0.3 is 14.8 Å². The van der Waals surface area contributed by atoms with Gasteiger partial charge in [0.1, 0.15) is 0 Å². The van der Waals surface area contributed by atoms with Gasteiger partial charge in [-0.25, -0.2) is 0 Å². The first-order valence-corrected chi connectivity index (χ1v) is 7.86. The Hall–Kier alpha value is -1.24. The number of benzene rings is 2. The molecular weight excluding hydrogens is 425 g/mol. The molecule has 0 unspecified atom stereocenters. The SMILES string of the molecule is O=C(Nc1cc(Br)ccc1Br)c1cc(Cl)c2c(c1)OCO2. The van der Waals surface area contributed by atoms with Gasteiger partial charge in [-0.1, -0.05) is 27.5 Å². The van der Waals surface area contributed by atoms with Crippen LogP contribution >= 0.6 is 43.5 Å². The Morgan fingerprint density at radius 3 is 2.81 bits per heavy atom. The zero-order chi connectivity index (χ0) is 15.0. The molecule has 3 rings (SSSR count). The molecule has 0 saturated carbocycles. The molecule has 0 spiro atoms. The van der Waals surface area contributed by atoms with Gasteiger partial charge in [0.2, 0.25) is 6.79 Å². The summed E-state index contributed by atoms with van der Waals surface area (Å²) < 4.78 is 12.1. The van der Waals surface area contributed by atoms with E-state index in [1.165, 1.54) is 0 Å². The van der Waals surface area contributed by atoms with Crippen molar-refractivity contribution in [1.82, 2.24) is 0 Å². The van der Waals surface area contributed by atoms with Crippen LogP contribution < -0.4 is 14.8 Å². The number of nitrogens with one attached hydrogen (secondary N) is 1. The molecule has 0 fully saturated rings. The molecule has 21 heavy (non-hydrogen) atoms. The van der Waals surface area contributed by atoms with Crippen LogP contribution in [0, 0.1) is 0 Å². The van der Waals surface area contributed by atoms with E-state index in [2.05, 4.69) is 37.2 Å². The summed E-state index contributed by atoms with van der Waals surface area (Å²) in [7, 11) is 0.